The summed E-state index contributed by atoms with van der Waals surface area (Å²) in [5, 5.41) is 14.8. The lowest BCUT2D eigenvalue weighted by Gasteiger charge is -2.10. The number of carbonyl (C=O) groups excluding carboxylic acids is 1. The van der Waals surface area contributed by atoms with Crippen LogP contribution in [0.1, 0.15) is 36.1 Å². The van der Waals surface area contributed by atoms with Gasteiger partial charge in [0.1, 0.15) is 5.75 Å². The second-order valence-corrected chi connectivity index (χ2v) is 8.18. The molecule has 3 aromatic heterocycles. The van der Waals surface area contributed by atoms with Gasteiger partial charge < -0.3 is 24.9 Å². The number of nitrogens with zero attached hydrogens (tertiary/aromatic N) is 3. The van der Waals surface area contributed by atoms with Gasteiger partial charge in [-0.3, -0.25) is 19.6 Å². The Labute approximate surface area is 201 Å². The van der Waals surface area contributed by atoms with Gasteiger partial charge >= 0.3 is 5.97 Å². The standard InChI is InChI=1S/C25H25N5O5/c1-14-6-7-26-13-19(14)29-25-30-24-20(34-3)9-16(10-21(24)35-25)11-22(31)28-17-4-5-18(27-12-17)15(2)8-23(32)33/h4-7,9-10,12-13,15H,8,11H2,1-3H3,(H,28,31)(H,29,30)(H,32,33). The molecule has 35 heavy (non-hydrogen) atoms. The van der Waals surface area contributed by atoms with Crippen molar-refractivity contribution in [3.8, 4) is 5.75 Å². The number of hydrogen-bond acceptors (Lipinski definition) is 8. The molecule has 3 N–H and O–H groups in total. The Morgan fingerprint density at radius 2 is 2.03 bits per heavy atom. The molecule has 4 rings (SSSR count). The molecule has 0 radical (unpaired) electrons. The number of carbonyl (C=O) groups is 2. The Morgan fingerprint density at radius 3 is 2.71 bits per heavy atom. The van der Waals surface area contributed by atoms with E-state index in [2.05, 4.69) is 25.6 Å². The third-order valence-electron chi connectivity index (χ3n) is 5.44. The van der Waals surface area contributed by atoms with Crippen LogP contribution >= 0.6 is 0 Å². The fourth-order valence-corrected chi connectivity index (χ4v) is 3.60. The second-order valence-electron chi connectivity index (χ2n) is 8.18. The fraction of sp³-hybridized carbons (Fsp3) is 0.240. The molecule has 0 aliphatic carbocycles. The SMILES string of the molecule is COc1cc(CC(=O)Nc2ccc(C(C)CC(=O)O)nc2)cc2oc(Nc3cnccc3C)nc12. The summed E-state index contributed by atoms with van der Waals surface area (Å²) in [6.07, 6.45) is 4.98. The number of pyridine rings is 2. The van der Waals surface area contributed by atoms with Crippen LogP contribution in [0.15, 0.2) is 53.3 Å². The van der Waals surface area contributed by atoms with Gasteiger partial charge in [-0.1, -0.05) is 6.92 Å². The van der Waals surface area contributed by atoms with E-state index < -0.39 is 5.97 Å². The first-order valence-electron chi connectivity index (χ1n) is 10.9. The Balaban J connectivity index is 1.47. The summed E-state index contributed by atoms with van der Waals surface area (Å²) in [7, 11) is 1.53. The smallest absolute Gasteiger partial charge is 0.304 e. The third-order valence-corrected chi connectivity index (χ3v) is 5.44. The van der Waals surface area contributed by atoms with Crippen molar-refractivity contribution in [1.29, 1.82) is 0 Å². The molecule has 1 aromatic carbocycles. The molecule has 0 saturated carbocycles. The van der Waals surface area contributed by atoms with Crippen LogP contribution in [0.25, 0.3) is 11.1 Å². The maximum Gasteiger partial charge on any atom is 0.304 e. The topological polar surface area (TPSA) is 139 Å². The molecule has 3 heterocycles. The maximum absolute atomic E-state index is 12.6. The lowest BCUT2D eigenvalue weighted by atomic mass is 10.0. The van der Waals surface area contributed by atoms with Crippen LogP contribution in [-0.4, -0.2) is 39.0 Å². The van der Waals surface area contributed by atoms with Crippen LogP contribution < -0.4 is 15.4 Å². The Hall–Kier alpha value is -4.47. The summed E-state index contributed by atoms with van der Waals surface area (Å²) in [5.41, 5.74) is 4.64. The number of carboxylic acid groups (broad SMARTS) is 1. The fourth-order valence-electron chi connectivity index (χ4n) is 3.60. The van der Waals surface area contributed by atoms with E-state index in [1.54, 1.807) is 43.6 Å². The summed E-state index contributed by atoms with van der Waals surface area (Å²) in [5.74, 6) is -0.863. The zero-order valence-electron chi connectivity index (χ0n) is 19.5. The van der Waals surface area contributed by atoms with Crippen molar-refractivity contribution >= 4 is 40.4 Å². The number of benzene rings is 1. The zero-order valence-corrected chi connectivity index (χ0v) is 19.5. The second kappa shape index (κ2) is 10.2. The predicted octanol–water partition coefficient (Wildman–Crippen LogP) is 4.44. The van der Waals surface area contributed by atoms with Crippen LogP contribution in [0.2, 0.25) is 0 Å². The average Bonchev–Trinajstić information content (AvgIpc) is 3.22. The number of aliphatic carboxylic acids is 1. The minimum absolute atomic E-state index is 0.0102. The summed E-state index contributed by atoms with van der Waals surface area (Å²) >= 11 is 0. The molecular formula is C25H25N5O5. The van der Waals surface area contributed by atoms with Gasteiger partial charge in [-0.15, -0.1) is 0 Å². The molecule has 180 valence electrons. The lowest BCUT2D eigenvalue weighted by molar-refractivity contribution is -0.137. The zero-order chi connectivity index (χ0) is 24.9. The number of anilines is 3. The highest BCUT2D eigenvalue weighted by Gasteiger charge is 2.16. The molecule has 0 saturated heterocycles. The Bertz CT molecular complexity index is 1370. The summed E-state index contributed by atoms with van der Waals surface area (Å²) in [6, 6.07) is 9.09. The van der Waals surface area contributed by atoms with Gasteiger partial charge in [-0.25, -0.2) is 0 Å². The number of carboxylic acids is 1. The lowest BCUT2D eigenvalue weighted by Crippen LogP contribution is -2.15. The molecule has 0 aliphatic rings. The number of fused-ring (bicyclic) bond motifs is 1. The monoisotopic (exact) mass is 475 g/mol. The predicted molar refractivity (Wildman–Crippen MR) is 130 cm³/mol. The minimum Gasteiger partial charge on any atom is -0.494 e. The van der Waals surface area contributed by atoms with E-state index in [1.165, 1.54) is 13.3 Å². The first-order chi connectivity index (χ1) is 16.8. The van der Waals surface area contributed by atoms with Gasteiger partial charge in [-0.2, -0.15) is 4.98 Å². The van der Waals surface area contributed by atoms with Gasteiger partial charge in [0.2, 0.25) is 5.91 Å². The Morgan fingerprint density at radius 1 is 1.20 bits per heavy atom. The number of amides is 1. The molecule has 0 fully saturated rings. The van der Waals surface area contributed by atoms with Crippen LogP contribution in [0.4, 0.5) is 17.4 Å². The highest BCUT2D eigenvalue weighted by atomic mass is 16.5. The molecule has 4 aromatic rings. The first kappa shape index (κ1) is 23.7. The van der Waals surface area contributed by atoms with Crippen LogP contribution in [0.3, 0.4) is 0 Å². The largest absolute Gasteiger partial charge is 0.494 e. The van der Waals surface area contributed by atoms with Crippen molar-refractivity contribution in [1.82, 2.24) is 15.0 Å². The number of rotatable bonds is 9. The third kappa shape index (κ3) is 5.72. The van der Waals surface area contributed by atoms with E-state index in [0.717, 1.165) is 11.3 Å². The van der Waals surface area contributed by atoms with Crippen molar-refractivity contribution in [2.45, 2.75) is 32.6 Å². The quantitative estimate of drug-likeness (QED) is 0.320. The number of hydrogen-bond donors (Lipinski definition) is 3. The highest BCUT2D eigenvalue weighted by molar-refractivity contribution is 5.93. The molecular weight excluding hydrogens is 450 g/mol. The normalized spacial score (nSPS) is 11.7. The number of methoxy groups -OCH3 is 1. The average molecular weight is 476 g/mol. The van der Waals surface area contributed by atoms with E-state index in [1.807, 2.05) is 13.0 Å². The molecule has 0 spiro atoms. The minimum atomic E-state index is -0.883. The number of aryl methyl sites for hydroxylation is 1. The van der Waals surface area contributed by atoms with E-state index in [9.17, 15) is 9.59 Å². The van der Waals surface area contributed by atoms with Crippen molar-refractivity contribution in [2.24, 2.45) is 0 Å². The number of nitrogens with one attached hydrogen (secondary N) is 2. The van der Waals surface area contributed by atoms with Crippen molar-refractivity contribution < 1.29 is 23.8 Å². The number of aromatic nitrogens is 3. The van der Waals surface area contributed by atoms with Crippen LogP contribution in [0.5, 0.6) is 5.75 Å². The van der Waals surface area contributed by atoms with Gasteiger partial charge in [0.15, 0.2) is 11.1 Å². The maximum atomic E-state index is 12.6. The van der Waals surface area contributed by atoms with Gasteiger partial charge in [-0.05, 0) is 48.4 Å². The molecule has 1 unspecified atom stereocenters. The van der Waals surface area contributed by atoms with E-state index >= 15 is 0 Å². The van der Waals surface area contributed by atoms with Crippen molar-refractivity contribution in [3.63, 3.8) is 0 Å². The van der Waals surface area contributed by atoms with Gasteiger partial charge in [0.25, 0.3) is 6.01 Å². The van der Waals surface area contributed by atoms with Crippen molar-refractivity contribution in [3.05, 3.63) is 65.7 Å². The van der Waals surface area contributed by atoms with Gasteiger partial charge in [0.05, 0.1) is 43.7 Å². The molecule has 0 bridgehead atoms. The summed E-state index contributed by atoms with van der Waals surface area (Å²) in [4.78, 5) is 36.4. The molecule has 10 nitrogen and oxygen atoms in total. The molecule has 1 amide bonds. The Kier molecular flexibility index (Phi) is 6.91. The molecule has 0 aliphatic heterocycles. The highest BCUT2D eigenvalue weighted by Crippen LogP contribution is 2.31. The number of ether oxygens (including phenoxy) is 1. The van der Waals surface area contributed by atoms with Crippen LogP contribution in [0, 0.1) is 6.92 Å². The number of oxazole rings is 1. The molecule has 10 heteroatoms. The summed E-state index contributed by atoms with van der Waals surface area (Å²) in [6.45, 7) is 3.74. The van der Waals surface area contributed by atoms with Gasteiger partial charge in [0, 0.05) is 17.8 Å². The molecule has 1 atom stereocenters. The summed E-state index contributed by atoms with van der Waals surface area (Å²) < 4.78 is 11.3. The van der Waals surface area contributed by atoms with E-state index in [-0.39, 0.29) is 24.7 Å². The first-order valence-corrected chi connectivity index (χ1v) is 10.9. The van der Waals surface area contributed by atoms with E-state index in [0.29, 0.717) is 39.8 Å². The van der Waals surface area contributed by atoms with Crippen molar-refractivity contribution in [2.75, 3.05) is 17.7 Å². The van der Waals surface area contributed by atoms with E-state index in [4.69, 9.17) is 14.3 Å². The van der Waals surface area contributed by atoms with Crippen LogP contribution in [-0.2, 0) is 16.0 Å².